The molecule has 2 N–H and O–H groups in total. The summed E-state index contributed by atoms with van der Waals surface area (Å²) < 4.78 is 36.3. The van der Waals surface area contributed by atoms with Gasteiger partial charge in [0, 0.05) is 44.7 Å². The minimum absolute atomic E-state index is 0.138. The fourth-order valence-electron chi connectivity index (χ4n) is 2.70. The van der Waals surface area contributed by atoms with Crippen LogP contribution in [-0.4, -0.2) is 55.3 Å². The molecule has 1 aliphatic rings. The largest absolute Gasteiger partial charge is 0.389 e. The van der Waals surface area contributed by atoms with Crippen molar-refractivity contribution in [2.24, 2.45) is 4.99 Å². The van der Waals surface area contributed by atoms with E-state index in [1.54, 1.807) is 0 Å². The Hall–Kier alpha value is -0.980. The number of nitrogens with zero attached hydrogens (tertiary/aromatic N) is 2. The van der Waals surface area contributed by atoms with E-state index in [2.05, 4.69) is 34.4 Å². The highest BCUT2D eigenvalue weighted by Crippen LogP contribution is 2.22. The molecular weight excluding hydrogens is 305 g/mol. The topological polar surface area (TPSA) is 39.7 Å². The van der Waals surface area contributed by atoms with Crippen molar-refractivity contribution in [3.05, 3.63) is 0 Å². The highest BCUT2D eigenvalue weighted by Gasteiger charge is 2.25. The number of unbranched alkanes of at least 4 members (excludes halogenated alkanes) is 1. The zero-order valence-corrected chi connectivity index (χ0v) is 14.5. The highest BCUT2D eigenvalue weighted by molar-refractivity contribution is 5.80. The number of hydrogen-bond donors (Lipinski definition) is 2. The van der Waals surface area contributed by atoms with E-state index in [-0.39, 0.29) is 6.42 Å². The third kappa shape index (κ3) is 9.03. The molecule has 7 heteroatoms. The van der Waals surface area contributed by atoms with Crippen molar-refractivity contribution >= 4 is 5.96 Å². The lowest BCUT2D eigenvalue weighted by Crippen LogP contribution is -2.49. The van der Waals surface area contributed by atoms with Crippen LogP contribution in [0.3, 0.4) is 0 Å². The molecule has 136 valence electrons. The zero-order chi connectivity index (χ0) is 17.3. The van der Waals surface area contributed by atoms with E-state index in [0.717, 1.165) is 38.4 Å². The predicted molar refractivity (Wildman–Crippen MR) is 88.8 cm³/mol. The molecular formula is C16H31F3N4. The molecule has 0 aromatic carbocycles. The summed E-state index contributed by atoms with van der Waals surface area (Å²) in [6, 6.07) is 0.962. The Labute approximate surface area is 137 Å². The Morgan fingerprint density at radius 3 is 2.39 bits per heavy atom. The summed E-state index contributed by atoms with van der Waals surface area (Å²) in [5.74, 6) is 0.725. The smallest absolute Gasteiger partial charge is 0.357 e. The van der Waals surface area contributed by atoms with Crippen LogP contribution in [-0.2, 0) is 0 Å². The summed E-state index contributed by atoms with van der Waals surface area (Å²) in [7, 11) is 0. The molecule has 4 nitrogen and oxygen atoms in total. The van der Waals surface area contributed by atoms with Crippen molar-refractivity contribution in [1.82, 2.24) is 15.5 Å². The third-order valence-corrected chi connectivity index (χ3v) is 4.08. The van der Waals surface area contributed by atoms with E-state index in [1.165, 1.54) is 0 Å². The maximum absolute atomic E-state index is 12.1. The monoisotopic (exact) mass is 336 g/mol. The van der Waals surface area contributed by atoms with Gasteiger partial charge in [-0.2, -0.15) is 13.2 Å². The molecule has 0 aromatic heterocycles. The summed E-state index contributed by atoms with van der Waals surface area (Å²) in [6.07, 6.45) is -2.05. The number of likely N-dealkylation sites (tertiary alicyclic amines) is 1. The van der Waals surface area contributed by atoms with Crippen molar-refractivity contribution < 1.29 is 13.2 Å². The van der Waals surface area contributed by atoms with Crippen molar-refractivity contribution in [1.29, 1.82) is 0 Å². The van der Waals surface area contributed by atoms with Crippen LogP contribution in [0, 0.1) is 0 Å². The zero-order valence-electron chi connectivity index (χ0n) is 14.5. The lowest BCUT2D eigenvalue weighted by molar-refractivity contribution is -0.135. The minimum Gasteiger partial charge on any atom is -0.357 e. The Kier molecular flexibility index (Phi) is 8.73. The Morgan fingerprint density at radius 1 is 1.22 bits per heavy atom. The number of hydrogen-bond acceptors (Lipinski definition) is 2. The quantitative estimate of drug-likeness (QED) is 0.426. The minimum atomic E-state index is -4.06. The van der Waals surface area contributed by atoms with E-state index in [1.807, 2.05) is 6.92 Å². The lowest BCUT2D eigenvalue weighted by Gasteiger charge is -2.35. The van der Waals surface area contributed by atoms with Crippen LogP contribution in [0.2, 0.25) is 0 Å². The molecule has 0 unspecified atom stereocenters. The maximum Gasteiger partial charge on any atom is 0.389 e. The second kappa shape index (κ2) is 10.0. The summed E-state index contributed by atoms with van der Waals surface area (Å²) in [5, 5.41) is 6.59. The van der Waals surface area contributed by atoms with Crippen molar-refractivity contribution in [3.8, 4) is 0 Å². The molecule has 0 bridgehead atoms. The molecule has 0 amide bonds. The van der Waals surface area contributed by atoms with E-state index in [0.29, 0.717) is 25.0 Å². The lowest BCUT2D eigenvalue weighted by atomic mass is 10.0. The van der Waals surface area contributed by atoms with E-state index in [9.17, 15) is 13.2 Å². The van der Waals surface area contributed by atoms with Gasteiger partial charge in [-0.25, -0.2) is 0 Å². The van der Waals surface area contributed by atoms with E-state index < -0.39 is 12.6 Å². The molecule has 1 aliphatic heterocycles. The molecule has 1 fully saturated rings. The summed E-state index contributed by atoms with van der Waals surface area (Å²) in [4.78, 5) is 6.85. The summed E-state index contributed by atoms with van der Waals surface area (Å²) in [6.45, 7) is 9.72. The molecule has 1 saturated heterocycles. The van der Waals surface area contributed by atoms with Gasteiger partial charge in [0.05, 0.1) is 0 Å². The second-order valence-electron chi connectivity index (χ2n) is 6.38. The molecule has 0 saturated carbocycles. The van der Waals surface area contributed by atoms with Gasteiger partial charge in [0.1, 0.15) is 0 Å². The van der Waals surface area contributed by atoms with Crippen molar-refractivity contribution in [2.75, 3.05) is 26.2 Å². The molecule has 0 atom stereocenters. The van der Waals surface area contributed by atoms with Crippen molar-refractivity contribution in [3.63, 3.8) is 0 Å². The van der Waals surface area contributed by atoms with Crippen LogP contribution in [0.15, 0.2) is 4.99 Å². The van der Waals surface area contributed by atoms with Crippen LogP contribution in [0.4, 0.5) is 13.2 Å². The Morgan fingerprint density at radius 2 is 1.87 bits per heavy atom. The van der Waals surface area contributed by atoms with Gasteiger partial charge in [0.2, 0.25) is 0 Å². The first kappa shape index (κ1) is 20.1. The van der Waals surface area contributed by atoms with Crippen LogP contribution in [0.5, 0.6) is 0 Å². The number of guanidine groups is 1. The first-order chi connectivity index (χ1) is 10.8. The van der Waals surface area contributed by atoms with Gasteiger partial charge in [-0.15, -0.1) is 0 Å². The normalized spacial score (nSPS) is 18.5. The highest BCUT2D eigenvalue weighted by atomic mass is 19.4. The average Bonchev–Trinajstić information content (AvgIpc) is 2.46. The van der Waals surface area contributed by atoms with Crippen LogP contribution < -0.4 is 10.6 Å². The van der Waals surface area contributed by atoms with Crippen LogP contribution in [0.25, 0.3) is 0 Å². The third-order valence-electron chi connectivity index (χ3n) is 4.08. The molecule has 0 radical (unpaired) electrons. The fourth-order valence-corrected chi connectivity index (χ4v) is 2.70. The SMILES string of the molecule is CCNC(=NCCCCC(F)(F)F)NC1CCN(C(C)C)CC1. The predicted octanol–water partition coefficient (Wildman–Crippen LogP) is 3.15. The van der Waals surface area contributed by atoms with Crippen LogP contribution >= 0.6 is 0 Å². The fraction of sp³-hybridized carbons (Fsp3) is 0.938. The molecule has 0 spiro atoms. The van der Waals surface area contributed by atoms with Crippen molar-refractivity contribution in [2.45, 2.75) is 71.1 Å². The standard InChI is InChI=1S/C16H31F3N4/c1-4-20-15(21-10-6-5-9-16(17,18)19)22-14-7-11-23(12-8-14)13(2)3/h13-14H,4-12H2,1-3H3,(H2,20,21,22). The number of aliphatic imine (C=N–C) groups is 1. The number of halogens is 3. The van der Waals surface area contributed by atoms with E-state index in [4.69, 9.17) is 0 Å². The van der Waals surface area contributed by atoms with Gasteiger partial charge in [0.15, 0.2) is 5.96 Å². The van der Waals surface area contributed by atoms with E-state index >= 15 is 0 Å². The number of nitrogens with one attached hydrogen (secondary N) is 2. The Balaban J connectivity index is 2.32. The van der Waals surface area contributed by atoms with Gasteiger partial charge in [-0.05, 0) is 46.5 Å². The second-order valence-corrected chi connectivity index (χ2v) is 6.38. The van der Waals surface area contributed by atoms with Gasteiger partial charge in [-0.3, -0.25) is 4.99 Å². The first-order valence-electron chi connectivity index (χ1n) is 8.67. The molecule has 0 aliphatic carbocycles. The first-order valence-corrected chi connectivity index (χ1v) is 8.67. The summed E-state index contributed by atoms with van der Waals surface area (Å²) in [5.41, 5.74) is 0. The van der Waals surface area contributed by atoms with Gasteiger partial charge >= 0.3 is 6.18 Å². The van der Waals surface area contributed by atoms with Crippen LogP contribution in [0.1, 0.15) is 52.9 Å². The van der Waals surface area contributed by atoms with Gasteiger partial charge in [-0.1, -0.05) is 0 Å². The van der Waals surface area contributed by atoms with Gasteiger partial charge in [0.25, 0.3) is 0 Å². The Bertz CT molecular complexity index is 348. The average molecular weight is 336 g/mol. The van der Waals surface area contributed by atoms with Gasteiger partial charge < -0.3 is 15.5 Å². The number of piperidine rings is 1. The molecule has 23 heavy (non-hydrogen) atoms. The number of alkyl halides is 3. The molecule has 0 aromatic rings. The summed E-state index contributed by atoms with van der Waals surface area (Å²) >= 11 is 0. The maximum atomic E-state index is 12.1. The molecule has 1 heterocycles. The number of rotatable bonds is 7. The molecule has 1 rings (SSSR count).